The third-order valence-electron chi connectivity index (χ3n) is 4.44. The first-order valence-electron chi connectivity index (χ1n) is 8.22. The molecule has 1 aromatic heterocycles. The summed E-state index contributed by atoms with van der Waals surface area (Å²) in [5.74, 6) is -1.28. The van der Waals surface area contributed by atoms with Crippen molar-refractivity contribution in [1.29, 1.82) is 0 Å². The van der Waals surface area contributed by atoms with Gasteiger partial charge in [0.2, 0.25) is 5.85 Å². The lowest BCUT2D eigenvalue weighted by Crippen LogP contribution is -2.60. The number of hydrogen-bond donors (Lipinski definition) is 3. The maximum Gasteiger partial charge on any atom is 0.331 e. The van der Waals surface area contributed by atoms with Crippen LogP contribution in [0.1, 0.15) is 39.7 Å². The molecule has 1 aromatic rings. The van der Waals surface area contributed by atoms with Gasteiger partial charge in [-0.1, -0.05) is 0 Å². The molecule has 8 heteroatoms. The van der Waals surface area contributed by atoms with Crippen LogP contribution in [0.5, 0.6) is 0 Å². The summed E-state index contributed by atoms with van der Waals surface area (Å²) in [6.45, 7) is 9.11. The maximum atomic E-state index is 12.5. The smallest absolute Gasteiger partial charge is 0.331 e. The monoisotopic (exact) mass is 341 g/mol. The van der Waals surface area contributed by atoms with Crippen LogP contribution in [0.4, 0.5) is 0 Å². The predicted octanol–water partition coefficient (Wildman–Crippen LogP) is -0.284. The average molecular weight is 341 g/mol. The average Bonchev–Trinajstić information content (AvgIpc) is 2.79. The normalized spacial score (nSPS) is 27.6. The highest BCUT2D eigenvalue weighted by Crippen LogP contribution is 2.39. The van der Waals surface area contributed by atoms with E-state index in [-0.39, 0.29) is 25.1 Å². The summed E-state index contributed by atoms with van der Waals surface area (Å²) < 4.78 is 7.35. The minimum Gasteiger partial charge on any atom is -0.394 e. The zero-order valence-electron chi connectivity index (χ0n) is 14.8. The molecule has 3 N–H and O–H groups in total. The van der Waals surface area contributed by atoms with Crippen LogP contribution in [0.15, 0.2) is 15.8 Å². The molecule has 3 atom stereocenters. The molecule has 2 heterocycles. The van der Waals surface area contributed by atoms with E-state index >= 15 is 0 Å². The topological polar surface area (TPSA) is 108 Å². The van der Waals surface area contributed by atoms with Crippen molar-refractivity contribution in [2.24, 2.45) is 0 Å². The van der Waals surface area contributed by atoms with E-state index in [1.165, 1.54) is 10.8 Å². The van der Waals surface area contributed by atoms with Crippen molar-refractivity contribution in [2.75, 3.05) is 6.61 Å². The van der Waals surface area contributed by atoms with Crippen LogP contribution in [0.2, 0.25) is 0 Å². The van der Waals surface area contributed by atoms with Gasteiger partial charge in [0, 0.05) is 30.3 Å². The third-order valence-corrected chi connectivity index (χ3v) is 4.44. The van der Waals surface area contributed by atoms with Gasteiger partial charge in [0.25, 0.3) is 5.56 Å². The molecule has 0 spiro atoms. The Morgan fingerprint density at radius 3 is 2.42 bits per heavy atom. The fraction of sp³-hybridized carbons (Fsp3) is 0.750. The van der Waals surface area contributed by atoms with Gasteiger partial charge in [-0.2, -0.15) is 0 Å². The Labute approximate surface area is 140 Å². The van der Waals surface area contributed by atoms with Crippen LogP contribution in [0, 0.1) is 6.92 Å². The summed E-state index contributed by atoms with van der Waals surface area (Å²) >= 11 is 0. The van der Waals surface area contributed by atoms with Gasteiger partial charge >= 0.3 is 5.69 Å². The number of aliphatic hydroxyl groups excluding tert-OH is 2. The van der Waals surface area contributed by atoms with E-state index in [0.29, 0.717) is 5.56 Å². The number of aromatic amines is 1. The molecule has 0 aliphatic carbocycles. The number of H-pyrrole nitrogens is 1. The number of aryl methyl sites for hydroxylation is 1. The number of ether oxygens (including phenoxy) is 1. The van der Waals surface area contributed by atoms with Crippen molar-refractivity contribution in [3.05, 3.63) is 32.6 Å². The Kier molecular flexibility index (Phi) is 5.34. The summed E-state index contributed by atoms with van der Waals surface area (Å²) in [7, 11) is 0. The fourth-order valence-corrected chi connectivity index (χ4v) is 3.61. The summed E-state index contributed by atoms with van der Waals surface area (Å²) in [4.78, 5) is 28.5. The molecule has 0 saturated carbocycles. The molecule has 24 heavy (non-hydrogen) atoms. The first-order valence-corrected chi connectivity index (χ1v) is 8.22. The maximum absolute atomic E-state index is 12.5. The Hall–Kier alpha value is -1.48. The Balaban J connectivity index is 2.71. The molecule has 0 radical (unpaired) electrons. The van der Waals surface area contributed by atoms with Crippen LogP contribution in [-0.4, -0.2) is 55.6 Å². The second-order valence-electron chi connectivity index (χ2n) is 6.89. The summed E-state index contributed by atoms with van der Waals surface area (Å²) in [5, 5.41) is 19.8. The molecular formula is C16H27N3O5. The van der Waals surface area contributed by atoms with Gasteiger partial charge < -0.3 is 14.9 Å². The second kappa shape index (κ2) is 6.79. The molecule has 0 amide bonds. The number of rotatable bonds is 5. The molecule has 0 bridgehead atoms. The molecule has 0 aromatic carbocycles. The van der Waals surface area contributed by atoms with Crippen LogP contribution < -0.4 is 11.2 Å². The van der Waals surface area contributed by atoms with E-state index in [2.05, 4.69) is 4.98 Å². The van der Waals surface area contributed by atoms with Gasteiger partial charge in [-0.25, -0.2) is 4.79 Å². The lowest BCUT2D eigenvalue weighted by Gasteiger charge is -2.46. The lowest BCUT2D eigenvalue weighted by molar-refractivity contribution is -0.233. The van der Waals surface area contributed by atoms with Crippen molar-refractivity contribution in [3.8, 4) is 0 Å². The molecule has 0 unspecified atom stereocenters. The minimum atomic E-state index is -1.28. The summed E-state index contributed by atoms with van der Waals surface area (Å²) in [6, 6.07) is -0.0115. The minimum absolute atomic E-state index is 0.00576. The van der Waals surface area contributed by atoms with E-state index in [9.17, 15) is 19.8 Å². The highest BCUT2D eigenvalue weighted by molar-refractivity contribution is 5.05. The van der Waals surface area contributed by atoms with Crippen molar-refractivity contribution in [2.45, 2.75) is 71.2 Å². The van der Waals surface area contributed by atoms with Gasteiger partial charge in [0.15, 0.2) is 0 Å². The number of aromatic nitrogens is 2. The van der Waals surface area contributed by atoms with Gasteiger partial charge in [0.1, 0.15) is 6.10 Å². The lowest BCUT2D eigenvalue weighted by atomic mass is 10.1. The van der Waals surface area contributed by atoms with E-state index < -0.39 is 29.3 Å². The molecule has 2 rings (SSSR count). The molecule has 136 valence electrons. The third kappa shape index (κ3) is 3.06. The van der Waals surface area contributed by atoms with Gasteiger partial charge in [-0.05, 0) is 34.6 Å². The number of nitrogens with zero attached hydrogens (tertiary/aromatic N) is 2. The Bertz CT molecular complexity index is 688. The zero-order chi connectivity index (χ0) is 18.2. The van der Waals surface area contributed by atoms with Crippen molar-refractivity contribution < 1.29 is 14.9 Å². The first kappa shape index (κ1) is 18.9. The van der Waals surface area contributed by atoms with Crippen molar-refractivity contribution in [3.63, 3.8) is 0 Å². The molecular weight excluding hydrogens is 314 g/mol. The number of nitrogens with one attached hydrogen (secondary N) is 1. The van der Waals surface area contributed by atoms with Crippen LogP contribution in [0.25, 0.3) is 0 Å². The number of hydrogen-bond acceptors (Lipinski definition) is 6. The fourth-order valence-electron chi connectivity index (χ4n) is 3.61. The standard InChI is InChI=1S/C16H27N3O5/c1-9(2)19(10(3)4)16(6-12(21)13(8-20)24-16)18-7-11(5)14(22)17-15(18)23/h7,9-10,12-13,20-21H,6,8H2,1-5H3,(H,17,22,23)/t12-,13+,16+/m0/s1. The van der Waals surface area contributed by atoms with Gasteiger partial charge in [0.05, 0.1) is 12.7 Å². The van der Waals surface area contributed by atoms with E-state index in [1.807, 2.05) is 32.6 Å². The number of aliphatic hydroxyl groups is 2. The van der Waals surface area contributed by atoms with E-state index in [0.717, 1.165) is 0 Å². The highest BCUT2D eigenvalue weighted by atomic mass is 16.6. The van der Waals surface area contributed by atoms with E-state index in [1.54, 1.807) is 6.92 Å². The quantitative estimate of drug-likeness (QED) is 0.680. The summed E-state index contributed by atoms with van der Waals surface area (Å²) in [5.41, 5.74) is -0.695. The molecule has 1 aliphatic rings. The van der Waals surface area contributed by atoms with E-state index in [4.69, 9.17) is 4.74 Å². The molecule has 8 nitrogen and oxygen atoms in total. The Morgan fingerprint density at radius 2 is 1.96 bits per heavy atom. The molecule has 1 saturated heterocycles. The molecule has 1 fully saturated rings. The SMILES string of the molecule is Cc1cn([C@@]2(N(C(C)C)C(C)C)C[C@H](O)[C@@H](CO)O2)c(=O)[nH]c1=O. The largest absolute Gasteiger partial charge is 0.394 e. The van der Waals surface area contributed by atoms with Gasteiger partial charge in [-0.3, -0.25) is 19.2 Å². The summed E-state index contributed by atoms with van der Waals surface area (Å²) in [6.07, 6.45) is -0.163. The van der Waals surface area contributed by atoms with Crippen LogP contribution in [0.3, 0.4) is 0 Å². The van der Waals surface area contributed by atoms with Crippen molar-refractivity contribution in [1.82, 2.24) is 14.5 Å². The Morgan fingerprint density at radius 1 is 1.38 bits per heavy atom. The van der Waals surface area contributed by atoms with Gasteiger partial charge in [-0.15, -0.1) is 0 Å². The zero-order valence-corrected chi connectivity index (χ0v) is 14.8. The predicted molar refractivity (Wildman–Crippen MR) is 88.7 cm³/mol. The molecule has 1 aliphatic heterocycles. The van der Waals surface area contributed by atoms with Crippen molar-refractivity contribution >= 4 is 0 Å². The first-order chi connectivity index (χ1) is 11.1. The van der Waals surface area contributed by atoms with Crippen LogP contribution in [-0.2, 0) is 10.6 Å². The second-order valence-corrected chi connectivity index (χ2v) is 6.89. The highest BCUT2D eigenvalue weighted by Gasteiger charge is 2.53. The van der Waals surface area contributed by atoms with Crippen LogP contribution >= 0.6 is 0 Å².